The highest BCUT2D eigenvalue weighted by atomic mass is 35.5. The second kappa shape index (κ2) is 7.88. The summed E-state index contributed by atoms with van der Waals surface area (Å²) in [6.45, 7) is 2.17. The third-order valence-electron chi connectivity index (χ3n) is 3.81. The summed E-state index contributed by atoms with van der Waals surface area (Å²) in [6.07, 6.45) is -0.778. The molecule has 24 heavy (non-hydrogen) atoms. The first-order chi connectivity index (χ1) is 11.7. The molecule has 1 aliphatic heterocycles. The number of nitrogens with zero attached hydrogens (tertiary/aromatic N) is 1. The lowest BCUT2D eigenvalue weighted by molar-refractivity contribution is -0.143. The Balaban J connectivity index is 1.90. The van der Waals surface area contributed by atoms with Crippen molar-refractivity contribution < 1.29 is 14.3 Å². The molecule has 1 saturated heterocycles. The van der Waals surface area contributed by atoms with Gasteiger partial charge in [0.25, 0.3) is 5.91 Å². The van der Waals surface area contributed by atoms with E-state index < -0.39 is 6.10 Å². The molecule has 2 aromatic carbocycles. The quantitative estimate of drug-likeness (QED) is 0.822. The highest BCUT2D eigenvalue weighted by Crippen LogP contribution is 2.35. The zero-order valence-electron chi connectivity index (χ0n) is 13.0. The second-order valence-corrected chi connectivity index (χ2v) is 6.18. The fourth-order valence-corrected chi connectivity index (χ4v) is 2.88. The van der Waals surface area contributed by atoms with Crippen molar-refractivity contribution in [3.63, 3.8) is 0 Å². The third kappa shape index (κ3) is 3.83. The fraction of sp³-hybridized carbons (Fsp3) is 0.278. The summed E-state index contributed by atoms with van der Waals surface area (Å²) >= 11 is 12.3. The molecule has 0 bridgehead atoms. The topological polar surface area (TPSA) is 38.8 Å². The van der Waals surface area contributed by atoms with Gasteiger partial charge < -0.3 is 14.4 Å². The van der Waals surface area contributed by atoms with Gasteiger partial charge >= 0.3 is 0 Å². The Morgan fingerprint density at radius 2 is 1.75 bits per heavy atom. The van der Waals surface area contributed by atoms with E-state index >= 15 is 0 Å². The Hall–Kier alpha value is -1.75. The van der Waals surface area contributed by atoms with Gasteiger partial charge in [0.1, 0.15) is 10.8 Å². The average Bonchev–Trinajstić information content (AvgIpc) is 2.64. The monoisotopic (exact) mass is 365 g/mol. The normalized spacial score (nSPS) is 15.8. The maximum absolute atomic E-state index is 13.0. The van der Waals surface area contributed by atoms with Crippen molar-refractivity contribution in [3.8, 4) is 5.75 Å². The summed E-state index contributed by atoms with van der Waals surface area (Å²) in [7, 11) is 0. The van der Waals surface area contributed by atoms with Crippen LogP contribution in [0.5, 0.6) is 5.75 Å². The molecule has 0 aliphatic carbocycles. The molecule has 0 unspecified atom stereocenters. The summed E-state index contributed by atoms with van der Waals surface area (Å²) in [5, 5.41) is 0.690. The van der Waals surface area contributed by atoms with Gasteiger partial charge in [-0.1, -0.05) is 59.6 Å². The number of halogens is 2. The molecule has 0 radical (unpaired) electrons. The van der Waals surface area contributed by atoms with Crippen LogP contribution in [-0.2, 0) is 9.53 Å². The van der Waals surface area contributed by atoms with Gasteiger partial charge in [0.15, 0.2) is 0 Å². The average molecular weight is 366 g/mol. The van der Waals surface area contributed by atoms with Crippen molar-refractivity contribution in [2.45, 2.75) is 6.10 Å². The number of hydrogen-bond donors (Lipinski definition) is 0. The van der Waals surface area contributed by atoms with Crippen LogP contribution < -0.4 is 4.74 Å². The minimum absolute atomic E-state index is 0.111. The van der Waals surface area contributed by atoms with Crippen molar-refractivity contribution in [1.82, 2.24) is 4.90 Å². The maximum atomic E-state index is 13.0. The van der Waals surface area contributed by atoms with Crippen molar-refractivity contribution in [2.24, 2.45) is 0 Å². The fourth-order valence-electron chi connectivity index (χ4n) is 2.54. The molecular weight excluding hydrogens is 349 g/mol. The summed E-state index contributed by atoms with van der Waals surface area (Å²) in [5.41, 5.74) is 0.769. The first-order valence-corrected chi connectivity index (χ1v) is 8.44. The summed E-state index contributed by atoms with van der Waals surface area (Å²) < 4.78 is 11.3. The first-order valence-electron chi connectivity index (χ1n) is 7.69. The van der Waals surface area contributed by atoms with Crippen LogP contribution in [0.15, 0.2) is 48.5 Å². The minimum Gasteiger partial charge on any atom is -0.474 e. The molecule has 2 aromatic rings. The smallest absolute Gasteiger partial charge is 0.268 e. The van der Waals surface area contributed by atoms with Crippen molar-refractivity contribution in [1.29, 1.82) is 0 Å². The standard InChI is InChI=1S/C18H17Cl2NO3/c19-14-7-4-8-15(16(14)20)24-17(13-5-2-1-3-6-13)18(22)21-9-11-23-12-10-21/h1-8,17H,9-12H2/t17-/m0/s1. The molecule has 1 fully saturated rings. The summed E-state index contributed by atoms with van der Waals surface area (Å²) in [4.78, 5) is 14.7. The second-order valence-electron chi connectivity index (χ2n) is 5.40. The van der Waals surface area contributed by atoms with Crippen LogP contribution in [0, 0.1) is 0 Å². The van der Waals surface area contributed by atoms with Crippen molar-refractivity contribution >= 4 is 29.1 Å². The van der Waals surface area contributed by atoms with Gasteiger partial charge in [-0.3, -0.25) is 4.79 Å². The minimum atomic E-state index is -0.778. The highest BCUT2D eigenvalue weighted by molar-refractivity contribution is 6.42. The molecule has 1 aliphatic rings. The van der Waals surface area contributed by atoms with E-state index in [2.05, 4.69) is 0 Å². The number of morpholine rings is 1. The zero-order valence-corrected chi connectivity index (χ0v) is 14.5. The van der Waals surface area contributed by atoms with E-state index in [1.165, 1.54) is 0 Å². The Kier molecular flexibility index (Phi) is 5.61. The van der Waals surface area contributed by atoms with Gasteiger partial charge in [0, 0.05) is 18.7 Å². The van der Waals surface area contributed by atoms with Crippen LogP contribution in [0.2, 0.25) is 10.0 Å². The molecule has 0 spiro atoms. The zero-order chi connectivity index (χ0) is 16.9. The maximum Gasteiger partial charge on any atom is 0.268 e. The van der Waals surface area contributed by atoms with E-state index in [4.69, 9.17) is 32.7 Å². The Labute approximate surface area is 150 Å². The largest absolute Gasteiger partial charge is 0.474 e. The van der Waals surface area contributed by atoms with E-state index in [-0.39, 0.29) is 5.91 Å². The number of amides is 1. The van der Waals surface area contributed by atoms with Crippen LogP contribution in [0.4, 0.5) is 0 Å². The third-order valence-corrected chi connectivity index (χ3v) is 4.61. The van der Waals surface area contributed by atoms with E-state index in [9.17, 15) is 4.79 Å². The molecule has 0 aromatic heterocycles. The molecule has 6 heteroatoms. The molecule has 4 nitrogen and oxygen atoms in total. The molecule has 0 saturated carbocycles. The number of benzene rings is 2. The number of hydrogen-bond acceptors (Lipinski definition) is 3. The predicted octanol–water partition coefficient (Wildman–Crippen LogP) is 3.97. The van der Waals surface area contributed by atoms with Gasteiger partial charge in [-0.2, -0.15) is 0 Å². The summed E-state index contributed by atoms with van der Waals surface area (Å²) in [6, 6.07) is 14.5. The van der Waals surface area contributed by atoms with Gasteiger partial charge in [-0.15, -0.1) is 0 Å². The van der Waals surface area contributed by atoms with Gasteiger partial charge in [0.2, 0.25) is 6.10 Å². The van der Waals surface area contributed by atoms with Crippen molar-refractivity contribution in [3.05, 3.63) is 64.1 Å². The van der Waals surface area contributed by atoms with Gasteiger partial charge in [-0.05, 0) is 12.1 Å². The highest BCUT2D eigenvalue weighted by Gasteiger charge is 2.29. The van der Waals surface area contributed by atoms with E-state index in [1.54, 1.807) is 23.1 Å². The number of carbonyl (C=O) groups excluding carboxylic acids is 1. The van der Waals surface area contributed by atoms with Crippen LogP contribution in [0.1, 0.15) is 11.7 Å². The Bertz CT molecular complexity index is 703. The molecule has 3 rings (SSSR count). The van der Waals surface area contributed by atoms with E-state index in [1.807, 2.05) is 30.3 Å². The van der Waals surface area contributed by atoms with Crippen LogP contribution >= 0.6 is 23.2 Å². The molecule has 126 valence electrons. The molecule has 1 amide bonds. The Morgan fingerprint density at radius 1 is 1.04 bits per heavy atom. The first kappa shape index (κ1) is 17.1. The summed E-state index contributed by atoms with van der Waals surface area (Å²) in [5.74, 6) is 0.278. The number of rotatable bonds is 4. The predicted molar refractivity (Wildman–Crippen MR) is 93.7 cm³/mol. The van der Waals surface area contributed by atoms with Crippen LogP contribution in [-0.4, -0.2) is 37.1 Å². The van der Waals surface area contributed by atoms with Crippen LogP contribution in [0.3, 0.4) is 0 Å². The SMILES string of the molecule is O=C([C@@H](Oc1cccc(Cl)c1Cl)c1ccccc1)N1CCOCC1. The van der Waals surface area contributed by atoms with Gasteiger partial charge in [0.05, 0.1) is 18.2 Å². The molecular formula is C18H17Cl2NO3. The van der Waals surface area contributed by atoms with Crippen LogP contribution in [0.25, 0.3) is 0 Å². The number of carbonyl (C=O) groups is 1. The van der Waals surface area contributed by atoms with Gasteiger partial charge in [-0.25, -0.2) is 0 Å². The Morgan fingerprint density at radius 3 is 2.46 bits per heavy atom. The molecule has 1 atom stereocenters. The molecule has 1 heterocycles. The van der Waals surface area contributed by atoms with Crippen molar-refractivity contribution in [2.75, 3.05) is 26.3 Å². The lowest BCUT2D eigenvalue weighted by Gasteiger charge is -2.30. The lowest BCUT2D eigenvalue weighted by atomic mass is 10.1. The van der Waals surface area contributed by atoms with E-state index in [0.29, 0.717) is 42.1 Å². The lowest BCUT2D eigenvalue weighted by Crippen LogP contribution is -2.44. The van der Waals surface area contributed by atoms with E-state index in [0.717, 1.165) is 5.56 Å². The molecule has 0 N–H and O–H groups in total. The number of ether oxygens (including phenoxy) is 2.